The van der Waals surface area contributed by atoms with Crippen molar-refractivity contribution < 1.29 is 13.2 Å². The molecule has 0 aliphatic carbocycles. The number of rotatable bonds is 0. The molecule has 0 spiro atoms. The van der Waals surface area contributed by atoms with Gasteiger partial charge in [0.25, 0.3) is 0 Å². The number of ether oxygens (including phenoxy) is 1. The van der Waals surface area contributed by atoms with Crippen LogP contribution in [0.1, 0.15) is 13.8 Å². The fraction of sp³-hybridized carbons (Fsp3) is 0.500. The standard InChI is InChI=1S/C8H11IO3S/c1-6-5-12-8(2,3)7(4-9)13(6,10)11/h4H,1,5H2,2-3H3/b7-4+. The highest BCUT2D eigenvalue weighted by Crippen LogP contribution is 2.35. The lowest BCUT2D eigenvalue weighted by molar-refractivity contribution is 0.0290. The Hall–Kier alpha value is 0.120. The lowest BCUT2D eigenvalue weighted by Gasteiger charge is -2.33. The molecule has 0 aromatic rings. The van der Waals surface area contributed by atoms with Crippen molar-refractivity contribution in [2.45, 2.75) is 19.4 Å². The zero-order valence-electron chi connectivity index (χ0n) is 7.50. The van der Waals surface area contributed by atoms with Gasteiger partial charge >= 0.3 is 0 Å². The van der Waals surface area contributed by atoms with Gasteiger partial charge in [-0.1, -0.05) is 29.2 Å². The Balaban J connectivity index is 3.31. The maximum atomic E-state index is 11.7. The van der Waals surface area contributed by atoms with E-state index in [1.165, 1.54) is 4.08 Å². The quantitative estimate of drug-likeness (QED) is 0.642. The summed E-state index contributed by atoms with van der Waals surface area (Å²) >= 11 is 1.90. The SMILES string of the molecule is C=C1COC(C)(C)/C(=C\I)S1(=O)=O. The lowest BCUT2D eigenvalue weighted by atomic mass is 10.1. The van der Waals surface area contributed by atoms with Gasteiger partial charge in [0.05, 0.1) is 22.0 Å². The number of sulfone groups is 1. The summed E-state index contributed by atoms with van der Waals surface area (Å²) in [6, 6.07) is 0. The van der Waals surface area contributed by atoms with Crippen LogP contribution in [0.5, 0.6) is 0 Å². The largest absolute Gasteiger partial charge is 0.365 e. The van der Waals surface area contributed by atoms with Crippen LogP contribution in [0.3, 0.4) is 0 Å². The highest BCUT2D eigenvalue weighted by atomic mass is 127. The molecule has 0 atom stereocenters. The predicted molar refractivity (Wildman–Crippen MR) is 60.2 cm³/mol. The Bertz CT molecular complexity index is 365. The van der Waals surface area contributed by atoms with Gasteiger partial charge in [0.1, 0.15) is 0 Å². The van der Waals surface area contributed by atoms with Crippen LogP contribution < -0.4 is 0 Å². The molecule has 5 heteroatoms. The van der Waals surface area contributed by atoms with Crippen molar-refractivity contribution in [3.8, 4) is 0 Å². The summed E-state index contributed by atoms with van der Waals surface area (Å²) in [5.41, 5.74) is -0.735. The van der Waals surface area contributed by atoms with Crippen LogP contribution >= 0.6 is 22.6 Å². The first-order valence-electron chi connectivity index (χ1n) is 3.70. The topological polar surface area (TPSA) is 43.4 Å². The van der Waals surface area contributed by atoms with Crippen molar-refractivity contribution in [1.29, 1.82) is 0 Å². The minimum atomic E-state index is -3.33. The molecule has 0 unspecified atom stereocenters. The summed E-state index contributed by atoms with van der Waals surface area (Å²) in [4.78, 5) is 0.423. The van der Waals surface area contributed by atoms with E-state index in [-0.39, 0.29) is 16.4 Å². The van der Waals surface area contributed by atoms with E-state index in [0.717, 1.165) is 0 Å². The van der Waals surface area contributed by atoms with E-state index in [1.54, 1.807) is 13.8 Å². The van der Waals surface area contributed by atoms with E-state index in [9.17, 15) is 8.42 Å². The Morgan fingerprint density at radius 3 is 2.54 bits per heavy atom. The first kappa shape index (κ1) is 11.2. The van der Waals surface area contributed by atoms with E-state index in [1.807, 2.05) is 22.6 Å². The molecule has 1 saturated heterocycles. The summed E-state index contributed by atoms with van der Waals surface area (Å²) in [5, 5.41) is 0. The van der Waals surface area contributed by atoms with Gasteiger partial charge in [-0.3, -0.25) is 0 Å². The molecule has 3 nitrogen and oxygen atoms in total. The van der Waals surface area contributed by atoms with E-state index < -0.39 is 15.4 Å². The van der Waals surface area contributed by atoms with Gasteiger partial charge in [-0.05, 0) is 17.9 Å². The van der Waals surface area contributed by atoms with Gasteiger partial charge in [-0.2, -0.15) is 0 Å². The fourth-order valence-electron chi connectivity index (χ4n) is 1.08. The summed E-state index contributed by atoms with van der Waals surface area (Å²) in [5.74, 6) is 0. The third-order valence-corrected chi connectivity index (χ3v) is 5.07. The maximum absolute atomic E-state index is 11.7. The first-order valence-corrected chi connectivity index (χ1v) is 6.43. The molecule has 74 valence electrons. The van der Waals surface area contributed by atoms with Gasteiger partial charge in [-0.25, -0.2) is 8.42 Å². The molecule has 0 N–H and O–H groups in total. The molecule has 1 rings (SSSR count). The molecule has 0 saturated carbocycles. The number of halogens is 1. The lowest BCUT2D eigenvalue weighted by Crippen LogP contribution is -2.38. The summed E-state index contributed by atoms with van der Waals surface area (Å²) in [7, 11) is -3.33. The average Bonchev–Trinajstić information content (AvgIpc) is 1.98. The minimum absolute atomic E-state index is 0.0866. The second kappa shape index (κ2) is 3.36. The van der Waals surface area contributed by atoms with Crippen molar-refractivity contribution in [2.24, 2.45) is 0 Å². The molecule has 1 aliphatic heterocycles. The smallest absolute Gasteiger partial charge is 0.203 e. The molecule has 1 heterocycles. The van der Waals surface area contributed by atoms with Crippen LogP contribution in [0.25, 0.3) is 0 Å². The number of hydrogen-bond acceptors (Lipinski definition) is 3. The fourth-order valence-corrected chi connectivity index (χ4v) is 4.18. The molecular formula is C8H11IO3S. The average molecular weight is 314 g/mol. The number of hydrogen-bond donors (Lipinski definition) is 0. The van der Waals surface area contributed by atoms with Crippen molar-refractivity contribution in [1.82, 2.24) is 0 Å². The van der Waals surface area contributed by atoms with Gasteiger partial charge in [0.2, 0.25) is 9.84 Å². The third kappa shape index (κ3) is 1.82. The van der Waals surface area contributed by atoms with Crippen LogP contribution in [0.15, 0.2) is 20.5 Å². The zero-order chi connectivity index (χ0) is 10.3. The molecule has 1 fully saturated rings. The molecule has 0 bridgehead atoms. The van der Waals surface area contributed by atoms with Crippen molar-refractivity contribution in [2.75, 3.05) is 6.61 Å². The molecule has 0 radical (unpaired) electrons. The van der Waals surface area contributed by atoms with Crippen LogP contribution in [0, 0.1) is 0 Å². The monoisotopic (exact) mass is 314 g/mol. The molecule has 0 aromatic carbocycles. The van der Waals surface area contributed by atoms with E-state index in [2.05, 4.69) is 6.58 Å². The predicted octanol–water partition coefficient (Wildman–Crippen LogP) is 2.00. The van der Waals surface area contributed by atoms with E-state index in [4.69, 9.17) is 4.74 Å². The van der Waals surface area contributed by atoms with Gasteiger partial charge in [0.15, 0.2) is 0 Å². The molecule has 1 aliphatic rings. The summed E-state index contributed by atoms with van der Waals surface area (Å²) < 4.78 is 30.3. The normalized spacial score (nSPS) is 29.2. The summed E-state index contributed by atoms with van der Waals surface area (Å²) in [6.07, 6.45) is 0. The van der Waals surface area contributed by atoms with Crippen molar-refractivity contribution in [3.63, 3.8) is 0 Å². The molecule has 13 heavy (non-hydrogen) atoms. The van der Waals surface area contributed by atoms with Gasteiger partial charge in [0, 0.05) is 0 Å². The molecule has 0 aromatic heterocycles. The van der Waals surface area contributed by atoms with Crippen LogP contribution in [-0.4, -0.2) is 20.6 Å². The van der Waals surface area contributed by atoms with Gasteiger partial charge in [-0.15, -0.1) is 0 Å². The zero-order valence-corrected chi connectivity index (χ0v) is 10.5. The highest BCUT2D eigenvalue weighted by molar-refractivity contribution is 14.1. The Morgan fingerprint density at radius 1 is 1.62 bits per heavy atom. The second-order valence-corrected chi connectivity index (χ2v) is 5.96. The van der Waals surface area contributed by atoms with Crippen molar-refractivity contribution >= 4 is 32.4 Å². The van der Waals surface area contributed by atoms with E-state index in [0.29, 0.717) is 0 Å². The van der Waals surface area contributed by atoms with E-state index >= 15 is 0 Å². The third-order valence-electron chi connectivity index (χ3n) is 1.96. The van der Waals surface area contributed by atoms with Gasteiger partial charge < -0.3 is 4.74 Å². The van der Waals surface area contributed by atoms with Crippen LogP contribution in [0.2, 0.25) is 0 Å². The second-order valence-electron chi connectivity index (χ2n) is 3.31. The van der Waals surface area contributed by atoms with Crippen LogP contribution in [-0.2, 0) is 14.6 Å². The molecular weight excluding hydrogens is 303 g/mol. The van der Waals surface area contributed by atoms with Crippen LogP contribution in [0.4, 0.5) is 0 Å². The molecule has 0 amide bonds. The Labute approximate surface area is 91.9 Å². The minimum Gasteiger partial charge on any atom is -0.365 e. The highest BCUT2D eigenvalue weighted by Gasteiger charge is 2.40. The maximum Gasteiger partial charge on any atom is 0.203 e. The first-order chi connectivity index (χ1) is 5.82. The summed E-state index contributed by atoms with van der Waals surface area (Å²) in [6.45, 7) is 7.04. The Kier molecular flexibility index (Phi) is 2.89. The Morgan fingerprint density at radius 2 is 2.15 bits per heavy atom. The van der Waals surface area contributed by atoms with Crippen molar-refractivity contribution in [3.05, 3.63) is 20.5 Å².